The second-order valence-corrected chi connectivity index (χ2v) is 6.93. The second-order valence-electron chi connectivity index (χ2n) is 6.93. The van der Waals surface area contributed by atoms with E-state index >= 15 is 0 Å². The van der Waals surface area contributed by atoms with Gasteiger partial charge < -0.3 is 0 Å². The lowest BCUT2D eigenvalue weighted by molar-refractivity contribution is -0.662. The quantitative estimate of drug-likeness (QED) is 0.632. The standard InChI is InChI=1S/C21H23N2/c1-14-7-8-15(2)19(11-14)21-18-10-9-17(16-5-4-6-16)12-20(18)22-13-23(21)3/h7-13,16H,4-6H2,1-3H3/q+1. The normalized spacial score (nSPS) is 14.9. The third-order valence-electron chi connectivity index (χ3n) is 5.22. The molecule has 2 nitrogen and oxygen atoms in total. The summed E-state index contributed by atoms with van der Waals surface area (Å²) in [5, 5.41) is 1.24. The topological polar surface area (TPSA) is 16.8 Å². The minimum absolute atomic E-state index is 0.749. The van der Waals surface area contributed by atoms with Gasteiger partial charge in [-0.15, -0.1) is 0 Å². The Morgan fingerprint density at radius 1 is 1.04 bits per heavy atom. The van der Waals surface area contributed by atoms with Crippen molar-refractivity contribution in [3.8, 4) is 11.3 Å². The molecule has 0 atom stereocenters. The average Bonchev–Trinajstić information content (AvgIpc) is 2.48. The van der Waals surface area contributed by atoms with Gasteiger partial charge in [0.15, 0.2) is 5.52 Å². The number of aryl methyl sites for hydroxylation is 3. The summed E-state index contributed by atoms with van der Waals surface area (Å²) in [6.07, 6.45) is 5.98. The molecule has 116 valence electrons. The first-order chi connectivity index (χ1) is 11.1. The molecule has 0 bridgehead atoms. The Kier molecular flexibility index (Phi) is 3.41. The lowest BCUT2D eigenvalue weighted by atomic mass is 9.80. The predicted molar refractivity (Wildman–Crippen MR) is 94.4 cm³/mol. The largest absolute Gasteiger partial charge is 0.287 e. The van der Waals surface area contributed by atoms with Gasteiger partial charge in [0.05, 0.1) is 12.4 Å². The lowest BCUT2D eigenvalue weighted by Crippen LogP contribution is -2.32. The number of hydrogen-bond donors (Lipinski definition) is 0. The SMILES string of the molecule is Cc1ccc(C)c(-c2c3ccc(C4CCC4)cc3nc[n+]2C)c1. The molecule has 0 N–H and O–H groups in total. The Morgan fingerprint density at radius 3 is 2.61 bits per heavy atom. The molecule has 0 amide bonds. The van der Waals surface area contributed by atoms with Crippen LogP contribution in [0.15, 0.2) is 42.7 Å². The van der Waals surface area contributed by atoms with Crippen LogP contribution in [0.1, 0.15) is 41.9 Å². The van der Waals surface area contributed by atoms with Crippen molar-refractivity contribution < 1.29 is 4.57 Å². The van der Waals surface area contributed by atoms with Gasteiger partial charge in [0.2, 0.25) is 0 Å². The van der Waals surface area contributed by atoms with E-state index in [-0.39, 0.29) is 0 Å². The molecule has 2 aromatic carbocycles. The zero-order chi connectivity index (χ0) is 16.0. The molecule has 3 aromatic rings. The van der Waals surface area contributed by atoms with Crippen LogP contribution in [-0.4, -0.2) is 4.98 Å². The van der Waals surface area contributed by atoms with Gasteiger partial charge in [0.1, 0.15) is 5.69 Å². The van der Waals surface area contributed by atoms with Gasteiger partial charge in [-0.2, -0.15) is 0 Å². The van der Waals surface area contributed by atoms with E-state index in [1.165, 1.54) is 52.6 Å². The van der Waals surface area contributed by atoms with E-state index in [4.69, 9.17) is 0 Å². The third-order valence-corrected chi connectivity index (χ3v) is 5.22. The van der Waals surface area contributed by atoms with Crippen molar-refractivity contribution in [3.63, 3.8) is 0 Å². The first kappa shape index (κ1) is 14.4. The van der Waals surface area contributed by atoms with E-state index in [0.29, 0.717) is 0 Å². The number of fused-ring (bicyclic) bond motifs is 1. The fourth-order valence-corrected chi connectivity index (χ4v) is 3.57. The summed E-state index contributed by atoms with van der Waals surface area (Å²) < 4.78 is 2.15. The monoisotopic (exact) mass is 303 g/mol. The van der Waals surface area contributed by atoms with Gasteiger partial charge >= 0.3 is 0 Å². The molecule has 23 heavy (non-hydrogen) atoms. The number of hydrogen-bond acceptors (Lipinski definition) is 1. The molecule has 0 saturated heterocycles. The van der Waals surface area contributed by atoms with Crippen LogP contribution in [-0.2, 0) is 7.05 Å². The molecule has 0 aliphatic heterocycles. The molecule has 1 aliphatic carbocycles. The van der Waals surface area contributed by atoms with Crippen LogP contribution in [0.25, 0.3) is 22.2 Å². The van der Waals surface area contributed by atoms with Crippen molar-refractivity contribution >= 4 is 10.9 Å². The number of aromatic nitrogens is 2. The summed E-state index contributed by atoms with van der Waals surface area (Å²) in [4.78, 5) is 4.68. The molecule has 2 heteroatoms. The third kappa shape index (κ3) is 2.42. The molecule has 1 saturated carbocycles. The van der Waals surface area contributed by atoms with Gasteiger partial charge in [0.25, 0.3) is 6.33 Å². The number of benzene rings is 2. The minimum atomic E-state index is 0.749. The fourth-order valence-electron chi connectivity index (χ4n) is 3.57. The van der Waals surface area contributed by atoms with Gasteiger partial charge in [-0.25, -0.2) is 4.57 Å². The van der Waals surface area contributed by atoms with Crippen LogP contribution in [0.2, 0.25) is 0 Å². The van der Waals surface area contributed by atoms with Gasteiger partial charge in [-0.3, -0.25) is 0 Å². The lowest BCUT2D eigenvalue weighted by Gasteiger charge is -2.25. The maximum absolute atomic E-state index is 4.68. The Morgan fingerprint density at radius 2 is 1.87 bits per heavy atom. The summed E-state index contributed by atoms with van der Waals surface area (Å²) in [6, 6.07) is 13.5. The van der Waals surface area contributed by atoms with Crippen molar-refractivity contribution in [2.45, 2.75) is 39.0 Å². The van der Waals surface area contributed by atoms with Crippen molar-refractivity contribution in [1.82, 2.24) is 4.98 Å². The number of rotatable bonds is 2. The van der Waals surface area contributed by atoms with E-state index in [2.05, 4.69) is 66.8 Å². The Balaban J connectivity index is 1.94. The highest BCUT2D eigenvalue weighted by Gasteiger charge is 2.22. The van der Waals surface area contributed by atoms with Crippen molar-refractivity contribution in [3.05, 3.63) is 59.4 Å². The van der Waals surface area contributed by atoms with E-state index in [0.717, 1.165) is 11.4 Å². The summed E-state index contributed by atoms with van der Waals surface area (Å²) >= 11 is 0. The molecular weight excluding hydrogens is 280 g/mol. The van der Waals surface area contributed by atoms with Crippen LogP contribution in [0.3, 0.4) is 0 Å². The molecule has 0 spiro atoms. The molecule has 4 rings (SSSR count). The maximum Gasteiger partial charge on any atom is 0.287 e. The molecule has 1 aliphatic rings. The first-order valence-corrected chi connectivity index (χ1v) is 8.49. The van der Waals surface area contributed by atoms with Gasteiger partial charge in [0, 0.05) is 5.56 Å². The summed E-state index contributed by atoms with van der Waals surface area (Å²) in [7, 11) is 2.09. The van der Waals surface area contributed by atoms with Crippen LogP contribution in [0.5, 0.6) is 0 Å². The minimum Gasteiger partial charge on any atom is -0.232 e. The smallest absolute Gasteiger partial charge is 0.232 e. The van der Waals surface area contributed by atoms with Crippen molar-refractivity contribution in [2.75, 3.05) is 0 Å². The molecular formula is C21H23N2+. The van der Waals surface area contributed by atoms with Crippen LogP contribution >= 0.6 is 0 Å². The predicted octanol–water partition coefficient (Wildman–Crippen LogP) is 4.61. The molecule has 1 aromatic heterocycles. The highest BCUT2D eigenvalue weighted by molar-refractivity contribution is 5.91. The first-order valence-electron chi connectivity index (χ1n) is 8.49. The number of nitrogens with zero attached hydrogens (tertiary/aromatic N) is 2. The summed E-state index contributed by atoms with van der Waals surface area (Å²) in [6.45, 7) is 4.34. The van der Waals surface area contributed by atoms with Crippen LogP contribution in [0, 0.1) is 13.8 Å². The zero-order valence-corrected chi connectivity index (χ0v) is 14.1. The molecule has 0 unspecified atom stereocenters. The molecule has 0 radical (unpaired) electrons. The van der Waals surface area contributed by atoms with E-state index in [1.807, 2.05) is 6.33 Å². The summed E-state index contributed by atoms with van der Waals surface area (Å²) in [5.74, 6) is 0.749. The van der Waals surface area contributed by atoms with E-state index < -0.39 is 0 Å². The van der Waals surface area contributed by atoms with Crippen LogP contribution in [0.4, 0.5) is 0 Å². The fraction of sp³-hybridized carbons (Fsp3) is 0.333. The highest BCUT2D eigenvalue weighted by atomic mass is 15.0. The molecule has 1 heterocycles. The Hall–Kier alpha value is -2.22. The maximum atomic E-state index is 4.68. The van der Waals surface area contributed by atoms with Gasteiger partial charge in [-0.05, 0) is 66.9 Å². The Bertz CT molecular complexity index is 892. The average molecular weight is 303 g/mol. The van der Waals surface area contributed by atoms with Crippen LogP contribution < -0.4 is 4.57 Å². The Labute approximate surface area is 137 Å². The van der Waals surface area contributed by atoms with E-state index in [9.17, 15) is 0 Å². The van der Waals surface area contributed by atoms with Crippen molar-refractivity contribution in [2.24, 2.45) is 7.05 Å². The molecule has 1 fully saturated rings. The zero-order valence-electron chi connectivity index (χ0n) is 14.1. The van der Waals surface area contributed by atoms with Crippen molar-refractivity contribution in [1.29, 1.82) is 0 Å². The van der Waals surface area contributed by atoms with Gasteiger partial charge in [-0.1, -0.05) is 30.2 Å². The van der Waals surface area contributed by atoms with E-state index in [1.54, 1.807) is 0 Å². The highest BCUT2D eigenvalue weighted by Crippen LogP contribution is 2.38. The second kappa shape index (κ2) is 5.45. The summed E-state index contributed by atoms with van der Waals surface area (Å²) in [5.41, 5.74) is 7.73.